The minimum absolute atomic E-state index is 0.425. The van der Waals surface area contributed by atoms with E-state index in [0.29, 0.717) is 24.7 Å². The van der Waals surface area contributed by atoms with Gasteiger partial charge in [-0.05, 0) is 44.2 Å². The van der Waals surface area contributed by atoms with E-state index in [4.69, 9.17) is 9.47 Å². The van der Waals surface area contributed by atoms with Crippen molar-refractivity contribution < 1.29 is 9.47 Å². The lowest BCUT2D eigenvalue weighted by Crippen LogP contribution is -2.27. The average Bonchev–Trinajstić information content (AvgIpc) is 2.47. The Morgan fingerprint density at radius 3 is 2.57 bits per heavy atom. The summed E-state index contributed by atoms with van der Waals surface area (Å²) in [6.07, 6.45) is 5.33. The first-order valence-electron chi connectivity index (χ1n) is 8.08. The molecule has 3 heteroatoms. The van der Waals surface area contributed by atoms with Crippen LogP contribution >= 0.6 is 0 Å². The maximum atomic E-state index is 5.96. The Kier molecular flexibility index (Phi) is 6.07. The Balaban J connectivity index is 1.68. The maximum absolute atomic E-state index is 5.96. The number of benzene rings is 1. The zero-order valence-corrected chi connectivity index (χ0v) is 13.7. The molecule has 1 aromatic carbocycles. The lowest BCUT2D eigenvalue weighted by molar-refractivity contribution is -0.00741. The topological polar surface area (TPSA) is 30.5 Å². The molecule has 0 bridgehead atoms. The van der Waals surface area contributed by atoms with Gasteiger partial charge in [0.25, 0.3) is 0 Å². The summed E-state index contributed by atoms with van der Waals surface area (Å²) in [5, 5.41) is 3.16. The fourth-order valence-electron chi connectivity index (χ4n) is 2.89. The molecule has 1 fully saturated rings. The van der Waals surface area contributed by atoms with Crippen molar-refractivity contribution in [3.8, 4) is 5.75 Å². The fourth-order valence-corrected chi connectivity index (χ4v) is 2.89. The van der Waals surface area contributed by atoms with Gasteiger partial charge in [-0.2, -0.15) is 0 Å². The standard InChI is InChI=1S/C18H29NO2/c1-18(2)10-8-16(9-11-18)20-12-13-21-17-7-5-4-6-15(17)14-19-3/h4-7,16,19H,8-14H2,1-3H3. The molecule has 0 heterocycles. The van der Waals surface area contributed by atoms with Crippen molar-refractivity contribution in [3.63, 3.8) is 0 Å². The Morgan fingerprint density at radius 2 is 1.86 bits per heavy atom. The average molecular weight is 291 g/mol. The zero-order chi connectivity index (χ0) is 15.1. The minimum Gasteiger partial charge on any atom is -0.491 e. The zero-order valence-electron chi connectivity index (χ0n) is 13.7. The first kappa shape index (κ1) is 16.3. The van der Waals surface area contributed by atoms with Crippen molar-refractivity contribution in [2.75, 3.05) is 20.3 Å². The highest BCUT2D eigenvalue weighted by atomic mass is 16.5. The van der Waals surface area contributed by atoms with Crippen LogP contribution in [0.5, 0.6) is 5.75 Å². The van der Waals surface area contributed by atoms with E-state index in [2.05, 4.69) is 25.2 Å². The molecule has 1 aliphatic rings. The van der Waals surface area contributed by atoms with Crippen molar-refractivity contribution in [2.24, 2.45) is 5.41 Å². The van der Waals surface area contributed by atoms with Crippen LogP contribution in [0.3, 0.4) is 0 Å². The lowest BCUT2D eigenvalue weighted by Gasteiger charge is -2.34. The predicted octanol–water partition coefficient (Wildman–Crippen LogP) is 3.77. The quantitative estimate of drug-likeness (QED) is 0.776. The van der Waals surface area contributed by atoms with Gasteiger partial charge in [-0.3, -0.25) is 0 Å². The highest BCUT2D eigenvalue weighted by Crippen LogP contribution is 2.36. The Morgan fingerprint density at radius 1 is 1.14 bits per heavy atom. The van der Waals surface area contributed by atoms with Gasteiger partial charge in [0.1, 0.15) is 12.4 Å². The third-order valence-corrected chi connectivity index (χ3v) is 4.32. The summed E-state index contributed by atoms with van der Waals surface area (Å²) in [5.41, 5.74) is 1.70. The first-order chi connectivity index (χ1) is 10.1. The van der Waals surface area contributed by atoms with Crippen molar-refractivity contribution in [1.29, 1.82) is 0 Å². The van der Waals surface area contributed by atoms with Gasteiger partial charge >= 0.3 is 0 Å². The highest BCUT2D eigenvalue weighted by Gasteiger charge is 2.26. The molecule has 3 nitrogen and oxygen atoms in total. The molecular formula is C18H29NO2. The predicted molar refractivity (Wildman–Crippen MR) is 86.7 cm³/mol. The van der Waals surface area contributed by atoms with Gasteiger partial charge in [0.05, 0.1) is 12.7 Å². The van der Waals surface area contributed by atoms with Gasteiger partial charge in [-0.15, -0.1) is 0 Å². The van der Waals surface area contributed by atoms with Crippen LogP contribution in [-0.2, 0) is 11.3 Å². The Labute approximate surface area is 129 Å². The molecule has 21 heavy (non-hydrogen) atoms. The van der Waals surface area contributed by atoms with Crippen molar-refractivity contribution in [1.82, 2.24) is 5.32 Å². The highest BCUT2D eigenvalue weighted by molar-refractivity contribution is 5.33. The number of rotatable bonds is 7. The molecule has 0 spiro atoms. The molecule has 1 aromatic rings. The Bertz CT molecular complexity index is 421. The van der Waals surface area contributed by atoms with Gasteiger partial charge in [-0.25, -0.2) is 0 Å². The van der Waals surface area contributed by atoms with Gasteiger partial charge in [0.15, 0.2) is 0 Å². The number of hydrogen-bond acceptors (Lipinski definition) is 3. The number of ether oxygens (including phenoxy) is 2. The maximum Gasteiger partial charge on any atom is 0.123 e. The summed E-state index contributed by atoms with van der Waals surface area (Å²) in [6.45, 7) is 6.84. The van der Waals surface area contributed by atoms with Crippen LogP contribution in [-0.4, -0.2) is 26.4 Å². The second-order valence-corrected chi connectivity index (χ2v) is 6.72. The number of nitrogens with one attached hydrogen (secondary N) is 1. The molecule has 1 N–H and O–H groups in total. The summed E-state index contributed by atoms with van der Waals surface area (Å²) in [4.78, 5) is 0. The SMILES string of the molecule is CNCc1ccccc1OCCOC1CCC(C)(C)CC1. The largest absolute Gasteiger partial charge is 0.491 e. The van der Waals surface area contributed by atoms with Crippen LogP contribution in [0.15, 0.2) is 24.3 Å². The van der Waals surface area contributed by atoms with Gasteiger partial charge in [0.2, 0.25) is 0 Å². The van der Waals surface area contributed by atoms with Crippen LogP contribution in [0, 0.1) is 5.41 Å². The molecular weight excluding hydrogens is 262 g/mol. The van der Waals surface area contributed by atoms with Crippen molar-refractivity contribution in [2.45, 2.75) is 52.2 Å². The van der Waals surface area contributed by atoms with E-state index in [0.717, 1.165) is 12.3 Å². The number of para-hydroxylation sites is 1. The van der Waals surface area contributed by atoms with Crippen LogP contribution in [0.1, 0.15) is 45.1 Å². The van der Waals surface area contributed by atoms with Crippen molar-refractivity contribution in [3.05, 3.63) is 29.8 Å². The summed E-state index contributed by atoms with van der Waals surface area (Å²) < 4.78 is 11.8. The van der Waals surface area contributed by atoms with Crippen LogP contribution in [0.4, 0.5) is 0 Å². The lowest BCUT2D eigenvalue weighted by atomic mass is 9.76. The molecule has 0 aliphatic heterocycles. The van der Waals surface area contributed by atoms with Crippen LogP contribution in [0.2, 0.25) is 0 Å². The summed E-state index contributed by atoms with van der Waals surface area (Å²) in [6, 6.07) is 8.17. The molecule has 0 saturated heterocycles. The van der Waals surface area contributed by atoms with E-state index in [-0.39, 0.29) is 0 Å². The molecule has 0 radical (unpaired) electrons. The minimum atomic E-state index is 0.425. The molecule has 1 aliphatic carbocycles. The molecule has 0 amide bonds. The summed E-state index contributed by atoms with van der Waals surface area (Å²) >= 11 is 0. The van der Waals surface area contributed by atoms with Gasteiger partial charge in [-0.1, -0.05) is 32.0 Å². The van der Waals surface area contributed by atoms with E-state index >= 15 is 0 Å². The third kappa shape index (κ3) is 5.33. The van der Waals surface area contributed by atoms with Crippen molar-refractivity contribution >= 4 is 0 Å². The molecule has 118 valence electrons. The normalized spacial score (nSPS) is 18.6. The monoisotopic (exact) mass is 291 g/mol. The van der Waals surface area contributed by atoms with E-state index in [1.54, 1.807) is 0 Å². The van der Waals surface area contributed by atoms with E-state index in [9.17, 15) is 0 Å². The second-order valence-electron chi connectivity index (χ2n) is 6.72. The van der Waals surface area contributed by atoms with E-state index in [1.807, 2.05) is 25.2 Å². The second kappa shape index (κ2) is 7.81. The Hall–Kier alpha value is -1.06. The molecule has 1 saturated carbocycles. The smallest absolute Gasteiger partial charge is 0.123 e. The fraction of sp³-hybridized carbons (Fsp3) is 0.667. The first-order valence-corrected chi connectivity index (χ1v) is 8.08. The molecule has 2 rings (SSSR count). The summed E-state index contributed by atoms with van der Waals surface area (Å²) in [5.74, 6) is 0.959. The third-order valence-electron chi connectivity index (χ3n) is 4.32. The van der Waals surface area contributed by atoms with E-state index in [1.165, 1.54) is 31.2 Å². The molecule has 0 aromatic heterocycles. The van der Waals surface area contributed by atoms with Gasteiger partial charge in [0, 0.05) is 12.1 Å². The summed E-state index contributed by atoms with van der Waals surface area (Å²) in [7, 11) is 1.95. The van der Waals surface area contributed by atoms with Crippen LogP contribution in [0.25, 0.3) is 0 Å². The molecule has 0 atom stereocenters. The van der Waals surface area contributed by atoms with Gasteiger partial charge < -0.3 is 14.8 Å². The van der Waals surface area contributed by atoms with Crippen LogP contribution < -0.4 is 10.1 Å². The molecule has 0 unspecified atom stereocenters. The van der Waals surface area contributed by atoms with E-state index < -0.39 is 0 Å². The number of hydrogen-bond donors (Lipinski definition) is 1.